The zero-order valence-corrected chi connectivity index (χ0v) is 20.6. The molecule has 0 spiro atoms. The van der Waals surface area contributed by atoms with Crippen molar-refractivity contribution in [2.24, 2.45) is 10.7 Å². The number of carbonyl (C=O) groups is 1. The van der Waals surface area contributed by atoms with Crippen LogP contribution < -0.4 is 25.7 Å². The van der Waals surface area contributed by atoms with E-state index in [1.807, 2.05) is 16.8 Å². The highest BCUT2D eigenvalue weighted by molar-refractivity contribution is 7.92. The predicted octanol–water partition coefficient (Wildman–Crippen LogP) is 2.40. The van der Waals surface area contributed by atoms with Crippen LogP contribution in [0.5, 0.6) is 0 Å². The van der Waals surface area contributed by atoms with E-state index in [1.54, 1.807) is 6.07 Å². The van der Waals surface area contributed by atoms with Crippen LogP contribution in [0.15, 0.2) is 56.9 Å². The summed E-state index contributed by atoms with van der Waals surface area (Å²) >= 11 is 1.46. The van der Waals surface area contributed by atoms with Crippen LogP contribution in [0.2, 0.25) is 0 Å². The number of fused-ring (bicyclic) bond motifs is 1. The molecule has 2 aromatic rings. The average Bonchev–Trinajstić information content (AvgIpc) is 3.44. The fourth-order valence-electron chi connectivity index (χ4n) is 3.78. The van der Waals surface area contributed by atoms with E-state index in [9.17, 15) is 23.2 Å². The van der Waals surface area contributed by atoms with Gasteiger partial charge >= 0.3 is 0 Å². The molecular formula is C21H22N5O5PS2. The number of nitrogens with zero attached hydrogens (tertiary/aromatic N) is 2. The third-order valence-electron chi connectivity index (χ3n) is 5.63. The normalized spacial score (nSPS) is 21.5. The molecule has 1 aromatic heterocycles. The standard InChI is InChI=1S/C21H22N5O5PS2/c1-34(30,31)25-14-4-5-15-16(10-14)32(29)24-20(22-15)17-19(27)18(13-7-9-33-11-13)23-26(21(17)28)8-6-12-2-3-12/h4-5,7,9-12,22-23,25,27H,2-3,6,8H2,1H3. The molecule has 1 unspecified atom stereocenters. The Kier molecular flexibility index (Phi) is 5.85. The Morgan fingerprint density at radius 1 is 1.35 bits per heavy atom. The van der Waals surface area contributed by atoms with Crippen molar-refractivity contribution in [1.29, 1.82) is 0 Å². The van der Waals surface area contributed by atoms with Crippen molar-refractivity contribution in [2.45, 2.75) is 19.3 Å². The van der Waals surface area contributed by atoms with Crippen molar-refractivity contribution >= 4 is 57.6 Å². The Hall–Kier alpha value is -2.92. The van der Waals surface area contributed by atoms with Crippen molar-refractivity contribution in [3.63, 3.8) is 0 Å². The molecule has 0 saturated heterocycles. The minimum Gasteiger partial charge on any atom is -0.607 e. The lowest BCUT2D eigenvalue weighted by Crippen LogP contribution is -2.48. The Morgan fingerprint density at radius 3 is 2.82 bits per heavy atom. The minimum absolute atomic E-state index is 0.00517. The number of anilines is 2. The maximum atomic E-state index is 13.4. The van der Waals surface area contributed by atoms with E-state index in [0.717, 1.165) is 31.1 Å². The van der Waals surface area contributed by atoms with Crippen LogP contribution in [0.1, 0.15) is 24.8 Å². The number of sulfonamides is 1. The van der Waals surface area contributed by atoms with Gasteiger partial charge in [0.15, 0.2) is 16.9 Å². The predicted molar refractivity (Wildman–Crippen MR) is 131 cm³/mol. The summed E-state index contributed by atoms with van der Waals surface area (Å²) in [5, 5.41) is 19.6. The summed E-state index contributed by atoms with van der Waals surface area (Å²) in [6.07, 6.45) is 4.17. The lowest BCUT2D eigenvalue weighted by atomic mass is 10.1. The van der Waals surface area contributed by atoms with Crippen LogP contribution in [0, 0.1) is 5.92 Å². The highest BCUT2D eigenvalue weighted by Crippen LogP contribution is 2.37. The van der Waals surface area contributed by atoms with Gasteiger partial charge in [0.05, 0.1) is 17.6 Å². The Balaban J connectivity index is 1.56. The molecule has 10 nitrogen and oxygen atoms in total. The summed E-state index contributed by atoms with van der Waals surface area (Å²) < 4.78 is 29.6. The number of aliphatic hydroxyl groups is 1. The van der Waals surface area contributed by atoms with E-state index >= 15 is 0 Å². The van der Waals surface area contributed by atoms with Crippen LogP contribution >= 0.6 is 19.3 Å². The molecule has 1 aromatic carbocycles. The maximum absolute atomic E-state index is 13.4. The van der Waals surface area contributed by atoms with Gasteiger partial charge in [-0.25, -0.2) is 8.42 Å². The first-order valence-corrected chi connectivity index (χ1v) is 14.6. The summed E-state index contributed by atoms with van der Waals surface area (Å²) in [5.41, 5.74) is 4.75. The zero-order chi connectivity index (χ0) is 24.0. The van der Waals surface area contributed by atoms with E-state index in [1.165, 1.54) is 28.5 Å². The quantitative estimate of drug-likeness (QED) is 0.339. The van der Waals surface area contributed by atoms with Crippen LogP contribution in [0.25, 0.3) is 5.70 Å². The largest absolute Gasteiger partial charge is 0.607 e. The van der Waals surface area contributed by atoms with Gasteiger partial charge in [-0.2, -0.15) is 11.3 Å². The lowest BCUT2D eigenvalue weighted by molar-refractivity contribution is -0.152. The third kappa shape index (κ3) is 4.67. The lowest BCUT2D eigenvalue weighted by Gasteiger charge is -2.32. The minimum atomic E-state index is -3.51. The van der Waals surface area contributed by atoms with Crippen LogP contribution in [0.4, 0.5) is 11.4 Å². The highest BCUT2D eigenvalue weighted by Gasteiger charge is 2.37. The van der Waals surface area contributed by atoms with Gasteiger partial charge in [-0.15, -0.1) is 0 Å². The fraction of sp³-hybridized carbons (Fsp3) is 0.286. The molecule has 1 amide bonds. The Bertz CT molecular complexity index is 1360. The molecule has 1 saturated carbocycles. The third-order valence-corrected chi connectivity index (χ3v) is 8.09. The number of amides is 1. The van der Waals surface area contributed by atoms with Crippen molar-refractivity contribution in [1.82, 2.24) is 10.4 Å². The van der Waals surface area contributed by atoms with E-state index in [4.69, 9.17) is 0 Å². The Labute approximate surface area is 201 Å². The van der Waals surface area contributed by atoms with Gasteiger partial charge in [0.25, 0.3) is 5.91 Å². The fourth-order valence-corrected chi connectivity index (χ4v) is 6.01. The highest BCUT2D eigenvalue weighted by atomic mass is 32.2. The number of hydrazine groups is 1. The van der Waals surface area contributed by atoms with Crippen LogP contribution in [-0.4, -0.2) is 37.2 Å². The number of rotatable bonds is 6. The summed E-state index contributed by atoms with van der Waals surface area (Å²) in [4.78, 5) is 26.3. The number of benzene rings is 1. The first-order valence-electron chi connectivity index (χ1n) is 10.6. The summed E-state index contributed by atoms with van der Waals surface area (Å²) in [5.74, 6) is -0.140. The molecule has 178 valence electrons. The van der Waals surface area contributed by atoms with E-state index < -0.39 is 23.9 Å². The van der Waals surface area contributed by atoms with Gasteiger partial charge in [-0.1, -0.05) is 17.6 Å². The molecule has 1 aliphatic carbocycles. The van der Waals surface area contributed by atoms with E-state index in [-0.39, 0.29) is 22.8 Å². The molecule has 0 bridgehead atoms. The number of aliphatic hydroxyl groups excluding tert-OH is 1. The van der Waals surface area contributed by atoms with Gasteiger partial charge in [-0.3, -0.25) is 20.0 Å². The SMILES string of the molecule is CS(=O)(=O)Nc1ccc2c(c1)[P+]([O-])=NC(=C1C(=O)N(CCC3CC3)NC(c3ccsc3)=C1O)N2. The zero-order valence-electron chi connectivity index (χ0n) is 18.1. The van der Waals surface area contributed by atoms with Gasteiger partial charge in [0.2, 0.25) is 18.0 Å². The van der Waals surface area contributed by atoms with Gasteiger partial charge in [0.1, 0.15) is 11.3 Å². The molecule has 2 aliphatic heterocycles. The van der Waals surface area contributed by atoms with Crippen LogP contribution in [0.3, 0.4) is 0 Å². The second-order valence-corrected chi connectivity index (χ2v) is 12.1. The second kappa shape index (κ2) is 8.70. The first-order chi connectivity index (χ1) is 16.2. The summed E-state index contributed by atoms with van der Waals surface area (Å²) in [6, 6.07) is 6.34. The smallest absolute Gasteiger partial charge is 0.279 e. The van der Waals surface area contributed by atoms with Crippen molar-refractivity contribution in [3.05, 3.63) is 57.7 Å². The first kappa shape index (κ1) is 22.9. The number of hydrogen-bond donors (Lipinski definition) is 4. The number of thiophene rings is 1. The van der Waals surface area contributed by atoms with Gasteiger partial charge < -0.3 is 15.3 Å². The summed E-state index contributed by atoms with van der Waals surface area (Å²) in [6.45, 7) is 0.463. The molecule has 0 radical (unpaired) electrons. The Morgan fingerprint density at radius 2 is 2.15 bits per heavy atom. The summed E-state index contributed by atoms with van der Waals surface area (Å²) in [7, 11) is -5.86. The molecule has 34 heavy (non-hydrogen) atoms. The molecule has 1 atom stereocenters. The average molecular weight is 520 g/mol. The molecule has 3 heterocycles. The van der Waals surface area contributed by atoms with Crippen molar-refractivity contribution in [2.75, 3.05) is 22.8 Å². The number of hydrogen-bond acceptors (Lipinski definition) is 9. The second-order valence-electron chi connectivity index (χ2n) is 8.36. The molecule has 4 N–H and O–H groups in total. The molecular weight excluding hydrogens is 497 g/mol. The molecule has 5 rings (SSSR count). The van der Waals surface area contributed by atoms with Crippen molar-refractivity contribution < 1.29 is 23.2 Å². The van der Waals surface area contributed by atoms with Crippen LogP contribution in [-0.2, 0) is 14.8 Å². The maximum Gasteiger partial charge on any atom is 0.279 e. The van der Waals surface area contributed by atoms with Crippen molar-refractivity contribution in [3.8, 4) is 0 Å². The molecule has 3 aliphatic rings. The number of carbonyl (C=O) groups excluding carboxylic acids is 1. The van der Waals surface area contributed by atoms with Gasteiger partial charge in [-0.05, 0) is 35.9 Å². The van der Waals surface area contributed by atoms with Gasteiger partial charge in [0, 0.05) is 23.6 Å². The monoisotopic (exact) mass is 519 g/mol. The van der Waals surface area contributed by atoms with E-state index in [0.29, 0.717) is 29.2 Å². The number of nitrogens with one attached hydrogen (secondary N) is 3. The van der Waals surface area contributed by atoms with E-state index in [2.05, 4.69) is 20.2 Å². The molecule has 13 heteroatoms. The topological polar surface area (TPSA) is 146 Å². The molecule has 1 fully saturated rings.